The van der Waals surface area contributed by atoms with E-state index in [4.69, 9.17) is 5.11 Å². The van der Waals surface area contributed by atoms with Crippen molar-refractivity contribution in [1.29, 1.82) is 0 Å². The van der Waals surface area contributed by atoms with E-state index in [9.17, 15) is 0 Å². The standard InChI is InChI=1S/C15H21N3O/c1-3-7-18-10-15(9-16-18)17-12(2)14-6-4-5-13(8-14)11-19/h4-6,8-10,12,17,19H,3,7,11H2,1-2H3. The van der Waals surface area contributed by atoms with Crippen molar-refractivity contribution in [2.24, 2.45) is 0 Å². The Balaban J connectivity index is 2.04. The summed E-state index contributed by atoms with van der Waals surface area (Å²) in [5, 5.41) is 16.9. The largest absolute Gasteiger partial charge is 0.392 e. The predicted octanol–water partition coefficient (Wildman–Crippen LogP) is 2.96. The Hall–Kier alpha value is -1.81. The second-order valence-electron chi connectivity index (χ2n) is 4.76. The third-order valence-corrected chi connectivity index (χ3v) is 3.10. The summed E-state index contributed by atoms with van der Waals surface area (Å²) in [5.41, 5.74) is 3.12. The quantitative estimate of drug-likeness (QED) is 0.838. The van der Waals surface area contributed by atoms with Crippen LogP contribution in [0.1, 0.15) is 37.4 Å². The first-order valence-corrected chi connectivity index (χ1v) is 6.71. The molecule has 19 heavy (non-hydrogen) atoms. The van der Waals surface area contributed by atoms with Crippen molar-refractivity contribution in [2.45, 2.75) is 39.5 Å². The highest BCUT2D eigenvalue weighted by atomic mass is 16.3. The zero-order valence-corrected chi connectivity index (χ0v) is 11.5. The molecule has 0 saturated carbocycles. The summed E-state index contributed by atoms with van der Waals surface area (Å²) in [6, 6.07) is 8.17. The number of nitrogens with zero attached hydrogens (tertiary/aromatic N) is 2. The molecule has 0 aliphatic carbocycles. The van der Waals surface area contributed by atoms with Crippen molar-refractivity contribution in [3.63, 3.8) is 0 Å². The van der Waals surface area contributed by atoms with Crippen LogP contribution in [0.4, 0.5) is 5.69 Å². The summed E-state index contributed by atoms with van der Waals surface area (Å²) in [6.07, 6.45) is 4.95. The van der Waals surface area contributed by atoms with Crippen LogP contribution < -0.4 is 5.32 Å². The number of rotatable bonds is 6. The Morgan fingerprint density at radius 2 is 2.26 bits per heavy atom. The third-order valence-electron chi connectivity index (χ3n) is 3.10. The van der Waals surface area contributed by atoms with Crippen LogP contribution in [-0.2, 0) is 13.2 Å². The molecule has 1 atom stereocenters. The first kappa shape index (κ1) is 13.6. The van der Waals surface area contributed by atoms with Crippen molar-refractivity contribution >= 4 is 5.69 Å². The van der Waals surface area contributed by atoms with Crippen LogP contribution >= 0.6 is 0 Å². The van der Waals surface area contributed by atoms with E-state index in [1.807, 2.05) is 35.3 Å². The molecule has 0 radical (unpaired) electrons. The fourth-order valence-electron chi connectivity index (χ4n) is 2.08. The van der Waals surface area contributed by atoms with E-state index in [2.05, 4.69) is 30.3 Å². The van der Waals surface area contributed by atoms with Gasteiger partial charge in [0.2, 0.25) is 0 Å². The van der Waals surface area contributed by atoms with Crippen LogP contribution in [0.5, 0.6) is 0 Å². The van der Waals surface area contributed by atoms with E-state index in [0.717, 1.165) is 29.8 Å². The number of hydrogen-bond acceptors (Lipinski definition) is 3. The molecular weight excluding hydrogens is 238 g/mol. The molecule has 1 aromatic heterocycles. The second kappa shape index (κ2) is 6.38. The molecule has 2 aromatic rings. The lowest BCUT2D eigenvalue weighted by molar-refractivity contribution is 0.281. The number of benzene rings is 1. The Labute approximate surface area is 114 Å². The van der Waals surface area contributed by atoms with E-state index in [1.165, 1.54) is 0 Å². The van der Waals surface area contributed by atoms with Gasteiger partial charge < -0.3 is 10.4 Å². The molecule has 4 heteroatoms. The van der Waals surface area contributed by atoms with Gasteiger partial charge in [-0.25, -0.2) is 0 Å². The Morgan fingerprint density at radius 3 is 3.00 bits per heavy atom. The molecule has 0 aliphatic rings. The molecule has 0 fully saturated rings. The number of hydrogen-bond donors (Lipinski definition) is 2. The summed E-state index contributed by atoms with van der Waals surface area (Å²) < 4.78 is 1.94. The first-order valence-electron chi connectivity index (χ1n) is 6.71. The van der Waals surface area contributed by atoms with E-state index in [1.54, 1.807) is 0 Å². The van der Waals surface area contributed by atoms with Crippen LogP contribution in [0, 0.1) is 0 Å². The van der Waals surface area contributed by atoms with E-state index >= 15 is 0 Å². The zero-order valence-electron chi connectivity index (χ0n) is 11.5. The number of aliphatic hydroxyl groups is 1. The molecule has 1 unspecified atom stereocenters. The second-order valence-corrected chi connectivity index (χ2v) is 4.76. The summed E-state index contributed by atoms with van der Waals surface area (Å²) in [5.74, 6) is 0. The van der Waals surface area contributed by atoms with Gasteiger partial charge in [0.05, 0.1) is 18.5 Å². The average molecular weight is 259 g/mol. The van der Waals surface area contributed by atoms with Gasteiger partial charge in [-0.1, -0.05) is 31.2 Å². The fourth-order valence-corrected chi connectivity index (χ4v) is 2.08. The normalized spacial score (nSPS) is 12.4. The fraction of sp³-hybridized carbons (Fsp3) is 0.400. The highest BCUT2D eigenvalue weighted by molar-refractivity contribution is 5.42. The first-order chi connectivity index (χ1) is 9.22. The number of aliphatic hydroxyl groups excluding tert-OH is 1. The van der Waals surface area contributed by atoms with Gasteiger partial charge in [0.25, 0.3) is 0 Å². The van der Waals surface area contributed by atoms with Crippen molar-refractivity contribution in [3.05, 3.63) is 47.8 Å². The summed E-state index contributed by atoms with van der Waals surface area (Å²) in [6.45, 7) is 5.26. The molecule has 2 N–H and O–H groups in total. The third kappa shape index (κ3) is 3.58. The van der Waals surface area contributed by atoms with Crippen LogP contribution in [0.25, 0.3) is 0 Å². The molecule has 4 nitrogen and oxygen atoms in total. The van der Waals surface area contributed by atoms with E-state index in [0.29, 0.717) is 0 Å². The minimum Gasteiger partial charge on any atom is -0.392 e. The summed E-state index contributed by atoms with van der Waals surface area (Å²) >= 11 is 0. The van der Waals surface area contributed by atoms with Gasteiger partial charge in [0.1, 0.15) is 0 Å². The maximum absolute atomic E-state index is 9.16. The molecule has 0 bridgehead atoms. The lowest BCUT2D eigenvalue weighted by Gasteiger charge is -2.14. The smallest absolute Gasteiger partial charge is 0.0731 e. The topological polar surface area (TPSA) is 50.1 Å². The number of anilines is 1. The van der Waals surface area contributed by atoms with Gasteiger partial charge in [-0.05, 0) is 24.5 Å². The number of aryl methyl sites for hydroxylation is 1. The van der Waals surface area contributed by atoms with Gasteiger partial charge in [0.15, 0.2) is 0 Å². The Kier molecular flexibility index (Phi) is 4.58. The van der Waals surface area contributed by atoms with Crippen LogP contribution in [0.3, 0.4) is 0 Å². The van der Waals surface area contributed by atoms with Gasteiger partial charge >= 0.3 is 0 Å². The van der Waals surface area contributed by atoms with Crippen molar-refractivity contribution in [1.82, 2.24) is 9.78 Å². The SMILES string of the molecule is CCCn1cc(NC(C)c2cccc(CO)c2)cn1. The molecule has 2 rings (SSSR count). The van der Waals surface area contributed by atoms with Gasteiger partial charge in [-0.3, -0.25) is 4.68 Å². The molecule has 0 aliphatic heterocycles. The highest BCUT2D eigenvalue weighted by Crippen LogP contribution is 2.19. The van der Waals surface area contributed by atoms with Gasteiger partial charge in [-0.15, -0.1) is 0 Å². The minimum atomic E-state index is 0.0784. The maximum atomic E-state index is 9.16. The van der Waals surface area contributed by atoms with Crippen LogP contribution in [0.2, 0.25) is 0 Å². The number of aromatic nitrogens is 2. The summed E-state index contributed by atoms with van der Waals surface area (Å²) in [4.78, 5) is 0. The van der Waals surface area contributed by atoms with Gasteiger partial charge in [-0.2, -0.15) is 5.10 Å². The molecule has 1 aromatic carbocycles. The minimum absolute atomic E-state index is 0.0784. The lowest BCUT2D eigenvalue weighted by Crippen LogP contribution is -2.06. The Bertz CT molecular complexity index is 522. The average Bonchev–Trinajstić information content (AvgIpc) is 2.86. The number of nitrogens with one attached hydrogen (secondary N) is 1. The van der Waals surface area contributed by atoms with Crippen LogP contribution in [-0.4, -0.2) is 14.9 Å². The molecule has 102 valence electrons. The molecule has 0 saturated heterocycles. The van der Waals surface area contributed by atoms with E-state index < -0.39 is 0 Å². The molecule has 1 heterocycles. The van der Waals surface area contributed by atoms with Crippen molar-refractivity contribution in [2.75, 3.05) is 5.32 Å². The molecule has 0 amide bonds. The predicted molar refractivity (Wildman–Crippen MR) is 76.9 cm³/mol. The van der Waals surface area contributed by atoms with E-state index in [-0.39, 0.29) is 12.6 Å². The summed E-state index contributed by atoms with van der Waals surface area (Å²) in [7, 11) is 0. The highest BCUT2D eigenvalue weighted by Gasteiger charge is 2.07. The van der Waals surface area contributed by atoms with Crippen LogP contribution in [0.15, 0.2) is 36.7 Å². The van der Waals surface area contributed by atoms with Gasteiger partial charge in [0, 0.05) is 18.8 Å². The van der Waals surface area contributed by atoms with Crippen molar-refractivity contribution in [3.8, 4) is 0 Å². The molecular formula is C15H21N3O. The monoisotopic (exact) mass is 259 g/mol. The van der Waals surface area contributed by atoms with Crippen molar-refractivity contribution < 1.29 is 5.11 Å². The Morgan fingerprint density at radius 1 is 1.42 bits per heavy atom. The maximum Gasteiger partial charge on any atom is 0.0731 e. The lowest BCUT2D eigenvalue weighted by atomic mass is 10.1. The zero-order chi connectivity index (χ0) is 13.7. The molecule has 0 spiro atoms.